The maximum absolute atomic E-state index is 12.1. The van der Waals surface area contributed by atoms with Crippen LogP contribution in [-0.4, -0.2) is 18.1 Å². The molecule has 1 aromatic rings. The van der Waals surface area contributed by atoms with E-state index in [1.54, 1.807) is 0 Å². The molecule has 0 unspecified atom stereocenters. The molecule has 0 bridgehead atoms. The molecule has 0 amide bonds. The molecule has 0 heterocycles. The van der Waals surface area contributed by atoms with Crippen LogP contribution < -0.4 is 5.73 Å². The molecule has 0 aliphatic heterocycles. The minimum Gasteiger partial charge on any atom is -0.461 e. The average Bonchev–Trinajstić information content (AvgIpc) is 2.42. The number of rotatable bonds is 4. The first-order valence-corrected chi connectivity index (χ1v) is 7.75. The molecule has 3 nitrogen and oxygen atoms in total. The molecule has 2 N–H and O–H groups in total. The molecule has 1 aliphatic carbocycles. The SMILES string of the molecule is N[C@@H](Cc1ccccc1)C(=O)OC1CCCCCCC1. The Hall–Kier alpha value is -1.35. The van der Waals surface area contributed by atoms with Crippen molar-refractivity contribution in [2.45, 2.75) is 63.5 Å². The van der Waals surface area contributed by atoms with Gasteiger partial charge in [0.2, 0.25) is 0 Å². The monoisotopic (exact) mass is 275 g/mol. The van der Waals surface area contributed by atoms with Crippen LogP contribution >= 0.6 is 0 Å². The minimum atomic E-state index is -0.553. The summed E-state index contributed by atoms with van der Waals surface area (Å²) >= 11 is 0. The molecule has 0 spiro atoms. The zero-order valence-electron chi connectivity index (χ0n) is 12.1. The van der Waals surface area contributed by atoms with Crippen molar-refractivity contribution in [3.8, 4) is 0 Å². The van der Waals surface area contributed by atoms with Gasteiger partial charge < -0.3 is 10.5 Å². The van der Waals surface area contributed by atoms with E-state index in [4.69, 9.17) is 10.5 Å². The van der Waals surface area contributed by atoms with Gasteiger partial charge in [0.05, 0.1) is 0 Å². The number of hydrogen-bond acceptors (Lipinski definition) is 3. The fourth-order valence-electron chi connectivity index (χ4n) is 2.74. The first-order chi connectivity index (χ1) is 9.75. The molecule has 1 atom stereocenters. The number of hydrogen-bond donors (Lipinski definition) is 1. The maximum atomic E-state index is 12.1. The highest BCUT2D eigenvalue weighted by Gasteiger charge is 2.21. The second kappa shape index (κ2) is 8.05. The van der Waals surface area contributed by atoms with Gasteiger partial charge in [-0.15, -0.1) is 0 Å². The Morgan fingerprint density at radius 1 is 1.10 bits per heavy atom. The van der Waals surface area contributed by atoms with Crippen LogP contribution in [0, 0.1) is 0 Å². The Balaban J connectivity index is 1.80. The Morgan fingerprint density at radius 2 is 1.70 bits per heavy atom. The summed E-state index contributed by atoms with van der Waals surface area (Å²) in [5.41, 5.74) is 7.04. The van der Waals surface area contributed by atoms with Crippen LogP contribution in [0.1, 0.15) is 50.5 Å². The first kappa shape index (κ1) is 15.0. The van der Waals surface area contributed by atoms with Crippen LogP contribution in [-0.2, 0) is 16.0 Å². The molecule has 0 radical (unpaired) electrons. The lowest BCUT2D eigenvalue weighted by Crippen LogP contribution is -2.36. The number of carbonyl (C=O) groups excluding carboxylic acids is 1. The van der Waals surface area contributed by atoms with E-state index in [0.29, 0.717) is 6.42 Å². The number of esters is 1. The summed E-state index contributed by atoms with van der Waals surface area (Å²) in [5, 5.41) is 0. The van der Waals surface area contributed by atoms with E-state index in [-0.39, 0.29) is 12.1 Å². The number of carbonyl (C=O) groups is 1. The predicted octanol–water partition coefficient (Wildman–Crippen LogP) is 3.21. The molecule has 3 heteroatoms. The van der Waals surface area contributed by atoms with Crippen molar-refractivity contribution in [3.63, 3.8) is 0 Å². The van der Waals surface area contributed by atoms with E-state index in [2.05, 4.69) is 0 Å². The average molecular weight is 275 g/mol. The number of ether oxygens (including phenoxy) is 1. The van der Waals surface area contributed by atoms with E-state index in [0.717, 1.165) is 31.2 Å². The highest BCUT2D eigenvalue weighted by Crippen LogP contribution is 2.20. The van der Waals surface area contributed by atoms with Gasteiger partial charge >= 0.3 is 5.97 Å². The van der Waals surface area contributed by atoms with E-state index in [1.807, 2.05) is 30.3 Å². The molecule has 20 heavy (non-hydrogen) atoms. The van der Waals surface area contributed by atoms with Gasteiger partial charge in [-0.1, -0.05) is 49.6 Å². The van der Waals surface area contributed by atoms with Crippen molar-refractivity contribution in [2.24, 2.45) is 5.73 Å². The van der Waals surface area contributed by atoms with Gasteiger partial charge in [-0.2, -0.15) is 0 Å². The summed E-state index contributed by atoms with van der Waals surface area (Å²) in [6.45, 7) is 0. The lowest BCUT2D eigenvalue weighted by molar-refractivity contribution is -0.151. The van der Waals surface area contributed by atoms with E-state index >= 15 is 0 Å². The third kappa shape index (κ3) is 4.97. The zero-order chi connectivity index (χ0) is 14.2. The molecule has 1 aromatic carbocycles. The van der Waals surface area contributed by atoms with Crippen LogP contribution in [0.4, 0.5) is 0 Å². The maximum Gasteiger partial charge on any atom is 0.323 e. The van der Waals surface area contributed by atoms with Gasteiger partial charge in [-0.05, 0) is 37.7 Å². The quantitative estimate of drug-likeness (QED) is 0.858. The topological polar surface area (TPSA) is 52.3 Å². The second-order valence-electron chi connectivity index (χ2n) is 5.70. The van der Waals surface area contributed by atoms with Gasteiger partial charge in [-0.25, -0.2) is 0 Å². The number of benzene rings is 1. The molecule has 110 valence electrons. The van der Waals surface area contributed by atoms with Crippen molar-refractivity contribution in [3.05, 3.63) is 35.9 Å². The Bertz CT molecular complexity index is 397. The van der Waals surface area contributed by atoms with Crippen molar-refractivity contribution in [1.29, 1.82) is 0 Å². The van der Waals surface area contributed by atoms with Crippen LogP contribution in [0.15, 0.2) is 30.3 Å². The molecule has 1 fully saturated rings. The van der Waals surface area contributed by atoms with Gasteiger partial charge in [0, 0.05) is 0 Å². The Labute approximate surface area is 121 Å². The van der Waals surface area contributed by atoms with Gasteiger partial charge in [0.25, 0.3) is 0 Å². The lowest BCUT2D eigenvalue weighted by atomic mass is 9.98. The highest BCUT2D eigenvalue weighted by atomic mass is 16.5. The highest BCUT2D eigenvalue weighted by molar-refractivity contribution is 5.76. The molecular formula is C17H25NO2. The van der Waals surface area contributed by atoms with Crippen molar-refractivity contribution < 1.29 is 9.53 Å². The number of nitrogens with two attached hydrogens (primary N) is 1. The van der Waals surface area contributed by atoms with E-state index in [1.165, 1.54) is 19.3 Å². The third-order valence-corrected chi connectivity index (χ3v) is 3.94. The smallest absolute Gasteiger partial charge is 0.323 e. The van der Waals surface area contributed by atoms with Crippen molar-refractivity contribution in [1.82, 2.24) is 0 Å². The summed E-state index contributed by atoms with van der Waals surface area (Å²) in [7, 11) is 0. The second-order valence-corrected chi connectivity index (χ2v) is 5.70. The molecule has 0 saturated heterocycles. The molecular weight excluding hydrogens is 250 g/mol. The fourth-order valence-corrected chi connectivity index (χ4v) is 2.74. The van der Waals surface area contributed by atoms with Gasteiger partial charge in [0.15, 0.2) is 0 Å². The molecule has 1 aliphatic rings. The lowest BCUT2D eigenvalue weighted by Gasteiger charge is -2.22. The van der Waals surface area contributed by atoms with E-state index in [9.17, 15) is 4.79 Å². The molecule has 2 rings (SSSR count). The Kier molecular flexibility index (Phi) is 6.06. The summed E-state index contributed by atoms with van der Waals surface area (Å²) in [5.74, 6) is -0.251. The summed E-state index contributed by atoms with van der Waals surface area (Å²) < 4.78 is 5.60. The Morgan fingerprint density at radius 3 is 2.35 bits per heavy atom. The normalized spacial score (nSPS) is 18.9. The summed E-state index contributed by atoms with van der Waals surface area (Å²) in [4.78, 5) is 12.1. The molecule has 0 aromatic heterocycles. The molecule has 1 saturated carbocycles. The zero-order valence-corrected chi connectivity index (χ0v) is 12.1. The fraction of sp³-hybridized carbons (Fsp3) is 0.588. The first-order valence-electron chi connectivity index (χ1n) is 7.75. The van der Waals surface area contributed by atoms with Crippen LogP contribution in [0.3, 0.4) is 0 Å². The summed E-state index contributed by atoms with van der Waals surface area (Å²) in [6, 6.07) is 9.31. The van der Waals surface area contributed by atoms with E-state index < -0.39 is 6.04 Å². The standard InChI is InChI=1S/C17H25NO2/c18-16(13-14-9-5-4-6-10-14)17(19)20-15-11-7-2-1-3-8-12-15/h4-6,9-10,15-16H,1-3,7-8,11-13,18H2/t16-/m0/s1. The van der Waals surface area contributed by atoms with Gasteiger partial charge in [0.1, 0.15) is 12.1 Å². The largest absolute Gasteiger partial charge is 0.461 e. The van der Waals surface area contributed by atoms with Crippen molar-refractivity contribution in [2.75, 3.05) is 0 Å². The van der Waals surface area contributed by atoms with Crippen molar-refractivity contribution >= 4 is 5.97 Å². The van der Waals surface area contributed by atoms with Crippen LogP contribution in [0.5, 0.6) is 0 Å². The van der Waals surface area contributed by atoms with Crippen LogP contribution in [0.25, 0.3) is 0 Å². The summed E-state index contributed by atoms with van der Waals surface area (Å²) in [6.07, 6.45) is 8.74. The van der Waals surface area contributed by atoms with Gasteiger partial charge in [-0.3, -0.25) is 4.79 Å². The van der Waals surface area contributed by atoms with Crippen LogP contribution in [0.2, 0.25) is 0 Å². The third-order valence-electron chi connectivity index (χ3n) is 3.94. The predicted molar refractivity (Wildman–Crippen MR) is 80.3 cm³/mol. The minimum absolute atomic E-state index is 0.0737.